The van der Waals surface area contributed by atoms with Gasteiger partial charge in [-0.3, -0.25) is 9.69 Å². The van der Waals surface area contributed by atoms with E-state index in [1.807, 2.05) is 114 Å². The van der Waals surface area contributed by atoms with Gasteiger partial charge in [0.05, 0.1) is 29.7 Å². The van der Waals surface area contributed by atoms with Gasteiger partial charge in [0.1, 0.15) is 16.8 Å². The highest BCUT2D eigenvalue weighted by Crippen LogP contribution is 2.48. The summed E-state index contributed by atoms with van der Waals surface area (Å²) >= 11 is 3.12. The number of methoxy groups -OCH3 is 1. The number of amides is 1. The molecule has 1 aliphatic rings. The second kappa shape index (κ2) is 11.9. The lowest BCUT2D eigenvalue weighted by Gasteiger charge is -2.31. The Morgan fingerprint density at radius 2 is 1.51 bits per heavy atom. The van der Waals surface area contributed by atoms with Crippen molar-refractivity contribution in [3.05, 3.63) is 115 Å². The summed E-state index contributed by atoms with van der Waals surface area (Å²) in [5.74, 6) is 1.23. The fraction of sp³-hybridized carbons (Fsp3) is 0.0882. The van der Waals surface area contributed by atoms with Gasteiger partial charge in [-0.25, -0.2) is 4.98 Å². The van der Waals surface area contributed by atoms with Gasteiger partial charge in [-0.15, -0.1) is 11.8 Å². The number of nitriles is 1. The molecule has 0 unspecified atom stereocenters. The maximum Gasteiger partial charge on any atom is 0.232 e. The smallest absolute Gasteiger partial charge is 0.232 e. The number of ether oxygens (including phenoxy) is 1. The quantitative estimate of drug-likeness (QED) is 0.182. The number of rotatable bonds is 7. The molecule has 1 amide bonds. The number of benzene rings is 4. The van der Waals surface area contributed by atoms with E-state index >= 15 is 0 Å². The molecule has 0 bridgehead atoms. The number of anilines is 2. The molecule has 2 heterocycles. The van der Waals surface area contributed by atoms with Crippen molar-refractivity contribution in [1.29, 1.82) is 5.26 Å². The number of para-hydroxylation sites is 2. The van der Waals surface area contributed by atoms with Gasteiger partial charge in [-0.1, -0.05) is 78.5 Å². The third kappa shape index (κ3) is 5.45. The first-order valence-corrected chi connectivity index (χ1v) is 14.9. The van der Waals surface area contributed by atoms with Crippen molar-refractivity contribution in [2.75, 3.05) is 17.8 Å². The lowest BCUT2D eigenvalue weighted by atomic mass is 9.99. The van der Waals surface area contributed by atoms with Crippen molar-refractivity contribution in [2.45, 2.75) is 21.2 Å². The van der Waals surface area contributed by atoms with Crippen molar-refractivity contribution < 1.29 is 9.53 Å². The maximum absolute atomic E-state index is 13.7. The summed E-state index contributed by atoms with van der Waals surface area (Å²) < 4.78 is 5.33. The fourth-order valence-electron chi connectivity index (χ4n) is 4.81. The van der Waals surface area contributed by atoms with E-state index in [0.717, 1.165) is 49.3 Å². The van der Waals surface area contributed by atoms with E-state index in [1.54, 1.807) is 18.9 Å². The minimum atomic E-state index is 0.00537. The van der Waals surface area contributed by atoms with Crippen LogP contribution >= 0.6 is 23.5 Å². The summed E-state index contributed by atoms with van der Waals surface area (Å²) in [4.78, 5) is 22.5. The molecule has 5 aromatic rings. The van der Waals surface area contributed by atoms with Crippen LogP contribution in [0.2, 0.25) is 0 Å². The van der Waals surface area contributed by atoms with Gasteiger partial charge in [-0.2, -0.15) is 5.26 Å². The van der Waals surface area contributed by atoms with Crippen molar-refractivity contribution in [3.63, 3.8) is 0 Å². The molecule has 0 saturated heterocycles. The monoisotopic (exact) mass is 571 g/mol. The number of carbonyl (C=O) groups excluding carboxylic acids is 1. The number of nitrogens with zero attached hydrogens (tertiary/aromatic N) is 3. The fourth-order valence-corrected chi connectivity index (χ4v) is 6.80. The Labute approximate surface area is 247 Å². The molecule has 4 aromatic carbocycles. The largest absolute Gasteiger partial charge is 0.497 e. The number of hydrogen-bond acceptors (Lipinski definition) is 6. The predicted octanol–water partition coefficient (Wildman–Crippen LogP) is 8.61. The zero-order valence-corrected chi connectivity index (χ0v) is 23.9. The van der Waals surface area contributed by atoms with Crippen LogP contribution in [0.1, 0.15) is 12.0 Å². The number of thioether (sulfide) groups is 1. The van der Waals surface area contributed by atoms with Crippen LogP contribution in [-0.2, 0) is 4.79 Å². The molecule has 0 aliphatic carbocycles. The van der Waals surface area contributed by atoms with Crippen LogP contribution in [0.3, 0.4) is 0 Å². The normalized spacial score (nSPS) is 11.8. The van der Waals surface area contributed by atoms with Gasteiger partial charge in [0.15, 0.2) is 0 Å². The van der Waals surface area contributed by atoms with Gasteiger partial charge in [-0.05, 0) is 48.0 Å². The molecule has 7 heteroatoms. The van der Waals surface area contributed by atoms with Gasteiger partial charge in [0.25, 0.3) is 0 Å². The Morgan fingerprint density at radius 1 is 0.878 bits per heavy atom. The van der Waals surface area contributed by atoms with Crippen LogP contribution in [0.4, 0.5) is 11.4 Å². The summed E-state index contributed by atoms with van der Waals surface area (Å²) in [6, 6.07) is 37.9. The highest BCUT2D eigenvalue weighted by Gasteiger charge is 2.27. The minimum Gasteiger partial charge on any atom is -0.497 e. The molecule has 1 aliphatic heterocycles. The first-order chi connectivity index (χ1) is 20.2. The first kappa shape index (κ1) is 26.7. The Morgan fingerprint density at radius 3 is 2.15 bits per heavy atom. The highest BCUT2D eigenvalue weighted by molar-refractivity contribution is 7.99. The van der Waals surface area contributed by atoms with E-state index in [1.165, 1.54) is 11.8 Å². The molecule has 0 radical (unpaired) electrons. The number of hydrogen-bond donors (Lipinski definition) is 0. The summed E-state index contributed by atoms with van der Waals surface area (Å²) in [5, 5.41) is 10.9. The van der Waals surface area contributed by atoms with E-state index in [9.17, 15) is 10.1 Å². The standard InChI is InChI=1S/C34H25N3O2S2/c1-39-25-17-15-23(16-18-25)26-21-28(24-9-3-2-4-10-24)36-34(27(26)22-35)40-20-19-33(38)37-29-11-5-7-13-31(29)41-32-14-8-6-12-30(32)37/h2-18,21H,19-20H2,1H3. The molecule has 200 valence electrons. The van der Waals surface area contributed by atoms with Crippen molar-refractivity contribution in [3.8, 4) is 34.2 Å². The van der Waals surface area contributed by atoms with Gasteiger partial charge >= 0.3 is 0 Å². The third-order valence-corrected chi connectivity index (χ3v) is 8.91. The topological polar surface area (TPSA) is 66.2 Å². The number of pyridine rings is 1. The lowest BCUT2D eigenvalue weighted by molar-refractivity contribution is -0.117. The summed E-state index contributed by atoms with van der Waals surface area (Å²) in [7, 11) is 1.63. The molecule has 5 nitrogen and oxygen atoms in total. The second-order valence-electron chi connectivity index (χ2n) is 9.31. The summed E-state index contributed by atoms with van der Waals surface area (Å²) in [6.07, 6.45) is 0.290. The van der Waals surface area contributed by atoms with E-state index in [-0.39, 0.29) is 12.3 Å². The lowest BCUT2D eigenvalue weighted by Crippen LogP contribution is -2.28. The molecule has 1 aromatic heterocycles. The van der Waals surface area contributed by atoms with Crippen LogP contribution < -0.4 is 9.64 Å². The molecule has 41 heavy (non-hydrogen) atoms. The van der Waals surface area contributed by atoms with E-state index in [2.05, 4.69) is 6.07 Å². The molecule has 0 fully saturated rings. The van der Waals surface area contributed by atoms with E-state index in [4.69, 9.17) is 9.72 Å². The number of carbonyl (C=O) groups is 1. The van der Waals surface area contributed by atoms with E-state index < -0.39 is 0 Å². The number of aromatic nitrogens is 1. The van der Waals surface area contributed by atoms with Crippen molar-refractivity contribution in [2.24, 2.45) is 0 Å². The predicted molar refractivity (Wildman–Crippen MR) is 166 cm³/mol. The van der Waals surface area contributed by atoms with Gasteiger partial charge in [0.2, 0.25) is 5.91 Å². The van der Waals surface area contributed by atoms with Crippen molar-refractivity contribution >= 4 is 40.8 Å². The average Bonchev–Trinajstić information content (AvgIpc) is 3.03. The Hall–Kier alpha value is -4.51. The molecule has 0 atom stereocenters. The Bertz CT molecular complexity index is 1720. The zero-order valence-electron chi connectivity index (χ0n) is 22.3. The number of fused-ring (bicyclic) bond motifs is 2. The SMILES string of the molecule is COc1ccc(-c2cc(-c3ccccc3)nc(SCCC(=O)N3c4ccccc4Sc4ccccc43)c2C#N)cc1. The minimum absolute atomic E-state index is 0.00537. The molecule has 0 N–H and O–H groups in total. The third-order valence-electron chi connectivity index (χ3n) is 6.80. The first-order valence-electron chi connectivity index (χ1n) is 13.1. The van der Waals surface area contributed by atoms with Gasteiger partial charge < -0.3 is 4.74 Å². The van der Waals surface area contributed by atoms with Crippen LogP contribution in [-0.4, -0.2) is 23.8 Å². The van der Waals surface area contributed by atoms with Crippen LogP contribution in [0, 0.1) is 11.3 Å². The second-order valence-corrected chi connectivity index (χ2v) is 11.5. The van der Waals surface area contributed by atoms with E-state index in [0.29, 0.717) is 16.3 Å². The van der Waals surface area contributed by atoms with Crippen LogP contribution in [0.15, 0.2) is 124 Å². The molecular formula is C34H25N3O2S2. The van der Waals surface area contributed by atoms with Crippen molar-refractivity contribution in [1.82, 2.24) is 4.98 Å². The summed E-state index contributed by atoms with van der Waals surface area (Å²) in [6.45, 7) is 0. The Balaban J connectivity index is 1.31. The Kier molecular flexibility index (Phi) is 7.77. The zero-order chi connectivity index (χ0) is 28.2. The average molecular weight is 572 g/mol. The maximum atomic E-state index is 13.7. The summed E-state index contributed by atoms with van der Waals surface area (Å²) in [5.41, 5.74) is 5.73. The molecule has 0 spiro atoms. The molecular weight excluding hydrogens is 547 g/mol. The molecule has 0 saturated carbocycles. The van der Waals surface area contributed by atoms with Gasteiger partial charge in [0, 0.05) is 33.1 Å². The van der Waals surface area contributed by atoms with Crippen LogP contribution in [0.25, 0.3) is 22.4 Å². The molecule has 6 rings (SSSR count). The highest BCUT2D eigenvalue weighted by atomic mass is 32.2. The van der Waals surface area contributed by atoms with Crippen LogP contribution in [0.5, 0.6) is 5.75 Å².